The molecule has 0 aliphatic rings. The minimum atomic E-state index is -0.446. The Morgan fingerprint density at radius 2 is 1.77 bits per heavy atom. The van der Waals surface area contributed by atoms with Gasteiger partial charge in [-0.1, -0.05) is 6.92 Å². The quantitative estimate of drug-likeness (QED) is 0.400. The number of ether oxygens (including phenoxy) is 1. The molecule has 0 bridgehead atoms. The highest BCUT2D eigenvalue weighted by Gasteiger charge is 2.06. The van der Waals surface area contributed by atoms with E-state index < -0.39 is 5.97 Å². The molecule has 0 N–H and O–H groups in total. The van der Waals surface area contributed by atoms with Gasteiger partial charge in [0.2, 0.25) is 0 Å². The Labute approximate surface area is 82.0 Å². The number of methoxy groups -OCH3 is 1. The summed E-state index contributed by atoms with van der Waals surface area (Å²) in [7, 11) is 2.36. The van der Waals surface area contributed by atoms with Crippen LogP contribution in [0.15, 0.2) is 0 Å². The van der Waals surface area contributed by atoms with Crippen molar-refractivity contribution in [3.05, 3.63) is 0 Å². The molecule has 0 saturated heterocycles. The predicted molar refractivity (Wildman–Crippen MR) is 56.7 cm³/mol. The molecule has 0 aromatic carbocycles. The van der Waals surface area contributed by atoms with Crippen LogP contribution in [0.5, 0.6) is 0 Å². The molecular formula is C9H19O3P. The Morgan fingerprint density at radius 3 is 2.08 bits per heavy atom. The molecule has 0 aliphatic heterocycles. The second-order valence-electron chi connectivity index (χ2n) is 2.54. The van der Waals surface area contributed by atoms with E-state index in [2.05, 4.69) is 18.1 Å². The average Bonchev–Trinajstić information content (AvgIpc) is 2.06. The maximum Gasteiger partial charge on any atom is 0.313 e. The molecule has 0 spiro atoms. The highest BCUT2D eigenvalue weighted by molar-refractivity contribution is 7.35. The minimum Gasteiger partial charge on any atom is -0.469 e. The smallest absolute Gasteiger partial charge is 0.313 e. The van der Waals surface area contributed by atoms with Gasteiger partial charge < -0.3 is 4.74 Å². The number of hydrogen-bond donors (Lipinski definition) is 0. The average molecular weight is 206 g/mol. The third-order valence-corrected chi connectivity index (χ3v) is 1.10. The number of Topliss-reactive ketones (excluding diaryl/α,β-unsaturated/α-hetero) is 1. The van der Waals surface area contributed by atoms with Crippen LogP contribution < -0.4 is 0 Å². The van der Waals surface area contributed by atoms with Crippen LogP contribution in [0.3, 0.4) is 0 Å². The second kappa shape index (κ2) is 11.6. The molecule has 13 heavy (non-hydrogen) atoms. The monoisotopic (exact) mass is 206 g/mol. The van der Waals surface area contributed by atoms with E-state index in [1.807, 2.05) is 6.92 Å². The van der Waals surface area contributed by atoms with Gasteiger partial charge in [0.25, 0.3) is 0 Å². The zero-order valence-electron chi connectivity index (χ0n) is 8.85. The van der Waals surface area contributed by atoms with Gasteiger partial charge in [-0.05, 0) is 19.8 Å². The summed E-state index contributed by atoms with van der Waals surface area (Å²) in [6, 6.07) is 0. The normalized spacial score (nSPS) is 8.31. The van der Waals surface area contributed by atoms with Crippen LogP contribution in [0.4, 0.5) is 0 Å². The van der Waals surface area contributed by atoms with Crippen molar-refractivity contribution in [3.63, 3.8) is 0 Å². The number of hydrogen-bond acceptors (Lipinski definition) is 3. The summed E-state index contributed by atoms with van der Waals surface area (Å²) >= 11 is 0. The largest absolute Gasteiger partial charge is 0.469 e. The lowest BCUT2D eigenvalue weighted by atomic mass is 10.2. The van der Waals surface area contributed by atoms with Gasteiger partial charge in [-0.3, -0.25) is 9.59 Å². The standard InChI is InChI=1S/C7H12O3.C2H7P/c1-3-4-6(8)5-7(9)10-2;1-3-2/h3-5H2,1-2H3;3H,1-2H3. The molecule has 0 aromatic heterocycles. The van der Waals surface area contributed by atoms with Gasteiger partial charge >= 0.3 is 5.97 Å². The van der Waals surface area contributed by atoms with Crippen LogP contribution in [0.25, 0.3) is 0 Å². The molecule has 4 heteroatoms. The van der Waals surface area contributed by atoms with Gasteiger partial charge in [0, 0.05) is 6.42 Å². The van der Waals surface area contributed by atoms with Crippen molar-refractivity contribution in [3.8, 4) is 0 Å². The first-order valence-electron chi connectivity index (χ1n) is 4.29. The summed E-state index contributed by atoms with van der Waals surface area (Å²) < 4.78 is 4.31. The lowest BCUT2D eigenvalue weighted by Crippen LogP contribution is -2.08. The molecule has 0 heterocycles. The van der Waals surface area contributed by atoms with Crippen LogP contribution in [0.2, 0.25) is 0 Å². The fourth-order valence-corrected chi connectivity index (χ4v) is 0.600. The van der Waals surface area contributed by atoms with Gasteiger partial charge in [-0.25, -0.2) is 0 Å². The number of esters is 1. The number of rotatable bonds is 4. The van der Waals surface area contributed by atoms with Gasteiger partial charge in [0.1, 0.15) is 12.2 Å². The minimum absolute atomic E-state index is 0.0469. The molecule has 0 amide bonds. The molecule has 0 fully saturated rings. The van der Waals surface area contributed by atoms with E-state index in [1.54, 1.807) is 0 Å². The predicted octanol–water partition coefficient (Wildman–Crippen LogP) is 1.84. The maximum absolute atomic E-state index is 10.7. The SMILES string of the molecule is CCCC(=O)CC(=O)OC.CPC. The number of carbonyl (C=O) groups is 2. The Balaban J connectivity index is 0. The summed E-state index contributed by atoms with van der Waals surface area (Å²) in [5.74, 6) is -0.493. The molecule has 0 saturated carbocycles. The summed E-state index contributed by atoms with van der Waals surface area (Å²) in [6.07, 6.45) is 1.18. The van der Waals surface area contributed by atoms with Gasteiger partial charge in [0.05, 0.1) is 7.11 Å². The van der Waals surface area contributed by atoms with Crippen molar-refractivity contribution in [2.24, 2.45) is 0 Å². The van der Waals surface area contributed by atoms with Crippen LogP contribution in [-0.4, -0.2) is 32.2 Å². The van der Waals surface area contributed by atoms with Gasteiger partial charge in [0.15, 0.2) is 0 Å². The highest BCUT2D eigenvalue weighted by atomic mass is 31.1. The lowest BCUT2D eigenvalue weighted by Gasteiger charge is -1.95. The summed E-state index contributed by atoms with van der Waals surface area (Å²) in [5.41, 5.74) is 0. The van der Waals surface area contributed by atoms with E-state index in [0.29, 0.717) is 6.42 Å². The Morgan fingerprint density at radius 1 is 1.31 bits per heavy atom. The maximum atomic E-state index is 10.7. The molecule has 0 aromatic rings. The number of ketones is 1. The fourth-order valence-electron chi connectivity index (χ4n) is 0.600. The van der Waals surface area contributed by atoms with E-state index in [9.17, 15) is 9.59 Å². The lowest BCUT2D eigenvalue weighted by molar-refractivity contribution is -0.143. The molecular weight excluding hydrogens is 187 g/mol. The van der Waals surface area contributed by atoms with E-state index in [1.165, 1.54) is 7.11 Å². The first-order valence-corrected chi connectivity index (χ1v) is 6.29. The van der Waals surface area contributed by atoms with Crippen molar-refractivity contribution in [2.45, 2.75) is 26.2 Å². The zero-order valence-corrected chi connectivity index (χ0v) is 9.85. The molecule has 3 nitrogen and oxygen atoms in total. The Hall–Kier alpha value is -0.430. The van der Waals surface area contributed by atoms with Gasteiger partial charge in [-0.2, -0.15) is 0 Å². The molecule has 0 radical (unpaired) electrons. The van der Waals surface area contributed by atoms with Crippen LogP contribution in [0, 0.1) is 0 Å². The summed E-state index contributed by atoms with van der Waals surface area (Å²) in [6.45, 7) is 6.20. The zero-order chi connectivity index (χ0) is 10.7. The third-order valence-electron chi connectivity index (χ3n) is 1.10. The van der Waals surface area contributed by atoms with Crippen molar-refractivity contribution < 1.29 is 14.3 Å². The molecule has 0 unspecified atom stereocenters. The Kier molecular flexibility index (Phi) is 13.4. The van der Waals surface area contributed by atoms with Crippen molar-refractivity contribution in [1.29, 1.82) is 0 Å². The van der Waals surface area contributed by atoms with Crippen molar-refractivity contribution in [2.75, 3.05) is 20.4 Å². The van der Waals surface area contributed by atoms with E-state index >= 15 is 0 Å². The van der Waals surface area contributed by atoms with E-state index in [-0.39, 0.29) is 12.2 Å². The van der Waals surface area contributed by atoms with Crippen molar-refractivity contribution >= 4 is 20.3 Å². The van der Waals surface area contributed by atoms with Gasteiger partial charge in [-0.15, -0.1) is 8.58 Å². The first kappa shape index (κ1) is 15.1. The molecule has 0 aliphatic carbocycles. The number of carbonyl (C=O) groups excluding carboxylic acids is 2. The van der Waals surface area contributed by atoms with Crippen molar-refractivity contribution in [1.82, 2.24) is 0 Å². The van der Waals surface area contributed by atoms with Crippen LogP contribution in [-0.2, 0) is 14.3 Å². The summed E-state index contributed by atoms with van der Waals surface area (Å²) in [4.78, 5) is 21.2. The second-order valence-corrected chi connectivity index (χ2v) is 3.54. The van der Waals surface area contributed by atoms with E-state index in [4.69, 9.17) is 0 Å². The van der Waals surface area contributed by atoms with Crippen LogP contribution >= 0.6 is 8.58 Å². The molecule has 0 atom stereocenters. The molecule has 0 rings (SSSR count). The van der Waals surface area contributed by atoms with E-state index in [0.717, 1.165) is 15.0 Å². The Bertz CT molecular complexity index is 146. The first-order chi connectivity index (χ1) is 6.12. The topological polar surface area (TPSA) is 43.4 Å². The van der Waals surface area contributed by atoms with Crippen LogP contribution in [0.1, 0.15) is 26.2 Å². The molecule has 78 valence electrons. The third kappa shape index (κ3) is 14.4. The fraction of sp³-hybridized carbons (Fsp3) is 0.778. The highest BCUT2D eigenvalue weighted by Crippen LogP contribution is 1.94. The summed E-state index contributed by atoms with van der Waals surface area (Å²) in [5, 5.41) is 0.